The molecule has 0 radical (unpaired) electrons. The SMILES string of the molecule is COc1ccc(CC(=O)NCC(=O)N(Cc2ccccc2)C(C)C)cc1OC. The van der Waals surface area contributed by atoms with Crippen molar-refractivity contribution >= 4 is 11.8 Å². The average molecular weight is 384 g/mol. The minimum Gasteiger partial charge on any atom is -0.493 e. The Kier molecular flexibility index (Phi) is 7.87. The molecule has 0 heterocycles. The van der Waals surface area contributed by atoms with E-state index in [1.165, 1.54) is 0 Å². The number of methoxy groups -OCH3 is 2. The molecule has 0 aliphatic carbocycles. The van der Waals surface area contributed by atoms with Gasteiger partial charge in [0.15, 0.2) is 11.5 Å². The van der Waals surface area contributed by atoms with Gasteiger partial charge in [-0.1, -0.05) is 36.4 Å². The number of nitrogens with one attached hydrogen (secondary N) is 1. The Bertz CT molecular complexity index is 790. The van der Waals surface area contributed by atoms with Crippen molar-refractivity contribution < 1.29 is 19.1 Å². The topological polar surface area (TPSA) is 67.9 Å². The van der Waals surface area contributed by atoms with E-state index in [1.807, 2.05) is 44.2 Å². The number of benzene rings is 2. The van der Waals surface area contributed by atoms with E-state index in [0.29, 0.717) is 18.0 Å². The number of amides is 2. The quantitative estimate of drug-likeness (QED) is 0.722. The molecule has 2 aromatic rings. The first-order valence-corrected chi connectivity index (χ1v) is 9.25. The van der Waals surface area contributed by atoms with Crippen LogP contribution in [0.15, 0.2) is 48.5 Å². The standard InChI is InChI=1S/C22H28N2O4/c1-16(2)24(15-17-8-6-5-7-9-17)22(26)14-23-21(25)13-18-10-11-19(27-3)20(12-18)28-4/h5-12,16H,13-15H2,1-4H3,(H,23,25). The third-order valence-corrected chi connectivity index (χ3v) is 4.39. The van der Waals surface area contributed by atoms with E-state index in [2.05, 4.69) is 5.32 Å². The highest BCUT2D eigenvalue weighted by atomic mass is 16.5. The molecule has 0 unspecified atom stereocenters. The van der Waals surface area contributed by atoms with E-state index in [1.54, 1.807) is 37.3 Å². The van der Waals surface area contributed by atoms with Crippen LogP contribution in [0.2, 0.25) is 0 Å². The van der Waals surface area contributed by atoms with Gasteiger partial charge < -0.3 is 19.7 Å². The van der Waals surface area contributed by atoms with E-state index >= 15 is 0 Å². The molecule has 150 valence electrons. The Hall–Kier alpha value is -3.02. The van der Waals surface area contributed by atoms with Crippen molar-refractivity contribution in [2.75, 3.05) is 20.8 Å². The van der Waals surface area contributed by atoms with Crippen molar-refractivity contribution in [1.82, 2.24) is 10.2 Å². The molecule has 0 aliphatic rings. The summed E-state index contributed by atoms with van der Waals surface area (Å²) in [6.45, 7) is 4.42. The lowest BCUT2D eigenvalue weighted by atomic mass is 10.1. The Balaban J connectivity index is 1.92. The molecule has 1 N–H and O–H groups in total. The summed E-state index contributed by atoms with van der Waals surface area (Å²) in [4.78, 5) is 26.6. The van der Waals surface area contributed by atoms with E-state index in [-0.39, 0.29) is 30.8 Å². The third kappa shape index (κ3) is 6.01. The summed E-state index contributed by atoms with van der Waals surface area (Å²) in [7, 11) is 3.11. The van der Waals surface area contributed by atoms with E-state index < -0.39 is 0 Å². The maximum atomic E-state index is 12.6. The molecular formula is C22H28N2O4. The van der Waals surface area contributed by atoms with E-state index in [0.717, 1.165) is 11.1 Å². The lowest BCUT2D eigenvalue weighted by molar-refractivity contribution is -0.134. The zero-order chi connectivity index (χ0) is 20.5. The molecule has 0 aromatic heterocycles. The van der Waals surface area contributed by atoms with Gasteiger partial charge in [-0.15, -0.1) is 0 Å². The van der Waals surface area contributed by atoms with Crippen LogP contribution < -0.4 is 14.8 Å². The molecule has 28 heavy (non-hydrogen) atoms. The predicted molar refractivity (Wildman–Crippen MR) is 108 cm³/mol. The van der Waals surface area contributed by atoms with Crippen molar-refractivity contribution in [2.45, 2.75) is 32.9 Å². The monoisotopic (exact) mass is 384 g/mol. The average Bonchev–Trinajstić information content (AvgIpc) is 2.70. The number of carbonyl (C=O) groups is 2. The van der Waals surface area contributed by atoms with Crippen LogP contribution in [0.5, 0.6) is 11.5 Å². The van der Waals surface area contributed by atoms with Gasteiger partial charge in [0.25, 0.3) is 0 Å². The van der Waals surface area contributed by atoms with Crippen molar-refractivity contribution in [3.8, 4) is 11.5 Å². The summed E-state index contributed by atoms with van der Waals surface area (Å²) >= 11 is 0. The largest absolute Gasteiger partial charge is 0.493 e. The first-order chi connectivity index (χ1) is 13.4. The summed E-state index contributed by atoms with van der Waals surface area (Å²) < 4.78 is 10.5. The van der Waals surface area contributed by atoms with Crippen LogP contribution in [-0.4, -0.2) is 43.5 Å². The Morgan fingerprint density at radius 3 is 2.25 bits per heavy atom. The second-order valence-electron chi connectivity index (χ2n) is 6.74. The normalized spacial score (nSPS) is 10.5. The molecule has 0 bridgehead atoms. The Morgan fingerprint density at radius 2 is 1.64 bits per heavy atom. The van der Waals surface area contributed by atoms with Crippen LogP contribution in [0.25, 0.3) is 0 Å². The number of ether oxygens (including phenoxy) is 2. The first kappa shape index (κ1) is 21.3. The van der Waals surface area contributed by atoms with Crippen molar-refractivity contribution in [3.63, 3.8) is 0 Å². The lowest BCUT2D eigenvalue weighted by Gasteiger charge is -2.27. The summed E-state index contributed by atoms with van der Waals surface area (Å²) in [5, 5.41) is 2.72. The van der Waals surface area contributed by atoms with Gasteiger partial charge in [-0.05, 0) is 37.1 Å². The minimum absolute atomic E-state index is 0.0306. The van der Waals surface area contributed by atoms with Crippen molar-refractivity contribution in [3.05, 3.63) is 59.7 Å². The maximum Gasteiger partial charge on any atom is 0.242 e. The molecule has 0 aliphatic heterocycles. The van der Waals surface area contributed by atoms with Crippen LogP contribution >= 0.6 is 0 Å². The minimum atomic E-state index is -0.219. The molecule has 2 aromatic carbocycles. The molecule has 0 spiro atoms. The highest BCUT2D eigenvalue weighted by Gasteiger charge is 2.18. The lowest BCUT2D eigenvalue weighted by Crippen LogP contribution is -2.43. The summed E-state index contributed by atoms with van der Waals surface area (Å²) in [5.74, 6) is 0.844. The number of nitrogens with zero attached hydrogens (tertiary/aromatic N) is 1. The smallest absolute Gasteiger partial charge is 0.242 e. The molecule has 6 heteroatoms. The zero-order valence-corrected chi connectivity index (χ0v) is 16.9. The summed E-state index contributed by atoms with van der Waals surface area (Å²) in [5.41, 5.74) is 1.84. The van der Waals surface area contributed by atoms with Crippen LogP contribution in [0, 0.1) is 0 Å². The van der Waals surface area contributed by atoms with Gasteiger partial charge in [0.2, 0.25) is 11.8 Å². The fourth-order valence-corrected chi connectivity index (χ4v) is 2.85. The fourth-order valence-electron chi connectivity index (χ4n) is 2.85. The number of hydrogen-bond donors (Lipinski definition) is 1. The maximum absolute atomic E-state index is 12.6. The zero-order valence-electron chi connectivity index (χ0n) is 16.9. The molecule has 0 saturated heterocycles. The number of hydrogen-bond acceptors (Lipinski definition) is 4. The molecule has 2 amide bonds. The van der Waals surface area contributed by atoms with Crippen molar-refractivity contribution in [2.24, 2.45) is 0 Å². The second-order valence-corrected chi connectivity index (χ2v) is 6.74. The second kappa shape index (κ2) is 10.3. The first-order valence-electron chi connectivity index (χ1n) is 9.25. The molecule has 0 atom stereocenters. The van der Waals surface area contributed by atoms with E-state index in [4.69, 9.17) is 9.47 Å². The van der Waals surface area contributed by atoms with Gasteiger partial charge in [-0.25, -0.2) is 0 Å². The van der Waals surface area contributed by atoms with Crippen LogP contribution in [0.1, 0.15) is 25.0 Å². The number of rotatable bonds is 9. The molecule has 0 saturated carbocycles. The summed E-state index contributed by atoms with van der Waals surface area (Å²) in [6.07, 6.45) is 0.161. The molecular weight excluding hydrogens is 356 g/mol. The summed E-state index contributed by atoms with van der Waals surface area (Å²) in [6, 6.07) is 15.2. The number of carbonyl (C=O) groups excluding carboxylic acids is 2. The fraction of sp³-hybridized carbons (Fsp3) is 0.364. The van der Waals surface area contributed by atoms with Gasteiger partial charge in [0.05, 0.1) is 27.2 Å². The van der Waals surface area contributed by atoms with Gasteiger partial charge in [0, 0.05) is 12.6 Å². The molecule has 2 rings (SSSR count). The van der Waals surface area contributed by atoms with Gasteiger partial charge in [-0.2, -0.15) is 0 Å². The van der Waals surface area contributed by atoms with Gasteiger partial charge >= 0.3 is 0 Å². The molecule has 0 fully saturated rings. The van der Waals surface area contributed by atoms with Crippen LogP contribution in [0.4, 0.5) is 0 Å². The Morgan fingerprint density at radius 1 is 0.964 bits per heavy atom. The van der Waals surface area contributed by atoms with Crippen molar-refractivity contribution in [1.29, 1.82) is 0 Å². The van der Waals surface area contributed by atoms with Crippen LogP contribution in [0.3, 0.4) is 0 Å². The third-order valence-electron chi connectivity index (χ3n) is 4.39. The van der Waals surface area contributed by atoms with Gasteiger partial charge in [-0.3, -0.25) is 9.59 Å². The van der Waals surface area contributed by atoms with Crippen LogP contribution in [-0.2, 0) is 22.6 Å². The van der Waals surface area contributed by atoms with Gasteiger partial charge in [0.1, 0.15) is 0 Å². The van der Waals surface area contributed by atoms with E-state index in [9.17, 15) is 9.59 Å². The highest BCUT2D eigenvalue weighted by molar-refractivity contribution is 5.86. The Labute approximate surface area is 166 Å². The predicted octanol–water partition coefficient (Wildman–Crippen LogP) is 2.80. The molecule has 6 nitrogen and oxygen atoms in total. The highest BCUT2D eigenvalue weighted by Crippen LogP contribution is 2.27.